The zero-order valence-corrected chi connectivity index (χ0v) is 22.5. The van der Waals surface area contributed by atoms with Gasteiger partial charge in [0.25, 0.3) is 5.91 Å². The minimum atomic E-state index is -3.19. The first-order valence-electron chi connectivity index (χ1n) is 10.8. The topological polar surface area (TPSA) is 95.9 Å². The largest absolute Gasteiger partial charge is 0.507 e. The average molecular weight is 579 g/mol. The first-order chi connectivity index (χ1) is 16.0. The molecule has 0 unspecified atom stereocenters. The van der Waals surface area contributed by atoms with Crippen LogP contribution in [0.4, 0.5) is 0 Å². The molecule has 0 atom stereocenters. The van der Waals surface area contributed by atoms with Crippen LogP contribution >= 0.6 is 18.8 Å². The number of rotatable bonds is 7. The van der Waals surface area contributed by atoms with Crippen LogP contribution in [-0.4, -0.2) is 38.0 Å². The Morgan fingerprint density at radius 2 is 1.56 bits per heavy atom. The zero-order valence-electron chi connectivity index (χ0n) is 20.4. The molecular formula is C27H34INO5. The second-order valence-electron chi connectivity index (χ2n) is 8.35. The van der Waals surface area contributed by atoms with E-state index in [2.05, 4.69) is 19.2 Å². The van der Waals surface area contributed by atoms with Crippen molar-refractivity contribution in [1.29, 1.82) is 0 Å². The second kappa shape index (κ2) is 12.6. The number of nitrogens with one attached hydrogen (secondary N) is 1. The number of benzene rings is 3. The van der Waals surface area contributed by atoms with Gasteiger partial charge >= 0.3 is 35.2 Å². The molecule has 0 aromatic heterocycles. The molecular weight excluding hydrogens is 545 g/mol. The Labute approximate surface area is 206 Å². The van der Waals surface area contributed by atoms with E-state index < -0.39 is 18.8 Å². The first kappa shape index (κ1) is 27.5. The smallest absolute Gasteiger partial charge is 0.255 e. The van der Waals surface area contributed by atoms with Crippen LogP contribution in [0.3, 0.4) is 0 Å². The van der Waals surface area contributed by atoms with Crippen molar-refractivity contribution < 1.29 is 21.1 Å². The van der Waals surface area contributed by atoms with Crippen molar-refractivity contribution in [2.75, 3.05) is 23.5 Å². The van der Waals surface area contributed by atoms with E-state index in [9.17, 15) is 13.0 Å². The van der Waals surface area contributed by atoms with Crippen molar-refractivity contribution in [3.05, 3.63) is 94.0 Å². The molecule has 0 radical (unpaired) electrons. The van der Waals surface area contributed by atoms with Gasteiger partial charge in [0, 0.05) is 6.54 Å². The van der Waals surface area contributed by atoms with E-state index in [1.54, 1.807) is 19.2 Å². The molecule has 3 N–H and O–H groups in total. The van der Waals surface area contributed by atoms with E-state index in [1.165, 1.54) is 15.4 Å². The number of aryl methyl sites for hydroxylation is 2. The molecule has 6 nitrogen and oxygen atoms in total. The number of phenolic OH excluding ortho intramolecular Hbond substituents is 1. The molecule has 0 saturated heterocycles. The number of carbonyl (C=O) groups excluding carboxylic acids is 1. The van der Waals surface area contributed by atoms with Crippen LogP contribution < -0.4 is 10.1 Å². The summed E-state index contributed by atoms with van der Waals surface area (Å²) >= 11 is -3.19. The summed E-state index contributed by atoms with van der Waals surface area (Å²) in [4.78, 5) is 15.3. The summed E-state index contributed by atoms with van der Waals surface area (Å²) in [6.07, 6.45) is 1.43. The maximum Gasteiger partial charge on any atom is 0.255 e. The predicted octanol–water partition coefficient (Wildman–Crippen LogP) is 5.12. The van der Waals surface area contributed by atoms with Gasteiger partial charge in [0.1, 0.15) is 11.5 Å². The number of methoxy groups -OCH3 is 1. The Balaban J connectivity index is 0.000000739. The average Bonchev–Trinajstić information content (AvgIpc) is 2.76. The number of phenols is 1. The normalized spacial score (nSPS) is 11.2. The van der Waals surface area contributed by atoms with Crippen LogP contribution in [0.5, 0.6) is 11.5 Å². The quantitative estimate of drug-likeness (QED) is 0.267. The van der Waals surface area contributed by atoms with Gasteiger partial charge in [-0.05, 0) is 78.8 Å². The van der Waals surface area contributed by atoms with E-state index in [0.717, 1.165) is 34.4 Å². The van der Waals surface area contributed by atoms with Crippen LogP contribution in [0.25, 0.3) is 0 Å². The number of aromatic hydroxyl groups is 1. The van der Waals surface area contributed by atoms with Gasteiger partial charge in [0.15, 0.2) is 0 Å². The maximum atomic E-state index is 12.6. The summed E-state index contributed by atoms with van der Waals surface area (Å²) in [6.45, 7) is 4.63. The molecule has 0 spiro atoms. The number of amides is 1. The maximum absolute atomic E-state index is 12.6. The molecule has 0 aliphatic heterocycles. The van der Waals surface area contributed by atoms with Crippen LogP contribution in [0.1, 0.15) is 38.2 Å². The van der Waals surface area contributed by atoms with Gasteiger partial charge in [0.2, 0.25) is 0 Å². The van der Waals surface area contributed by atoms with Crippen LogP contribution in [0.15, 0.2) is 60.7 Å². The van der Waals surface area contributed by atoms with Gasteiger partial charge in [0.05, 0.1) is 12.7 Å². The Morgan fingerprint density at radius 1 is 0.971 bits per heavy atom. The number of carbonyl (C=O) groups is 1. The Hall–Kier alpha value is -2.78. The van der Waals surface area contributed by atoms with Gasteiger partial charge in [-0.2, -0.15) is 0 Å². The van der Waals surface area contributed by atoms with Crippen molar-refractivity contribution in [3.8, 4) is 11.5 Å². The molecule has 0 heterocycles. The molecule has 0 aliphatic carbocycles. The molecule has 3 aromatic rings. The summed E-state index contributed by atoms with van der Waals surface area (Å²) in [5.41, 5.74) is 5.93. The third-order valence-electron chi connectivity index (χ3n) is 5.13. The van der Waals surface area contributed by atoms with Gasteiger partial charge in [-0.3, -0.25) is 4.79 Å². The van der Waals surface area contributed by atoms with Crippen LogP contribution in [0, 0.1) is 13.8 Å². The SMILES string of the molecule is CI(C)(=O)O.COc1cc(C)c(Cc2ccc(O)c(C(=O)NCCc3ccccc3)c2)c(C)c1. The third kappa shape index (κ3) is 9.23. The number of alkyl halides is 2. The molecule has 0 aliphatic rings. The number of halogens is 1. The molecule has 1 amide bonds. The first-order valence-corrected chi connectivity index (χ1v) is 17.0. The van der Waals surface area contributed by atoms with Crippen molar-refractivity contribution in [1.82, 2.24) is 5.32 Å². The van der Waals surface area contributed by atoms with Crippen LogP contribution in [-0.2, 0) is 15.9 Å². The van der Waals surface area contributed by atoms with Crippen molar-refractivity contribution in [2.24, 2.45) is 0 Å². The molecule has 7 heteroatoms. The van der Waals surface area contributed by atoms with Crippen molar-refractivity contribution in [2.45, 2.75) is 26.7 Å². The summed E-state index contributed by atoms with van der Waals surface area (Å²) in [5, 5.41) is 13.1. The molecule has 34 heavy (non-hydrogen) atoms. The van der Waals surface area contributed by atoms with Crippen LogP contribution in [0.2, 0.25) is 0 Å². The summed E-state index contributed by atoms with van der Waals surface area (Å²) in [5.74, 6) is 0.575. The van der Waals surface area contributed by atoms with Gasteiger partial charge in [-0.15, -0.1) is 0 Å². The zero-order chi connectivity index (χ0) is 25.3. The monoisotopic (exact) mass is 579 g/mol. The number of hydrogen-bond donors (Lipinski definition) is 3. The fourth-order valence-electron chi connectivity index (χ4n) is 3.49. The Bertz CT molecular complexity index is 1120. The van der Waals surface area contributed by atoms with Gasteiger partial charge in [-0.1, -0.05) is 36.4 Å². The Kier molecular flexibility index (Phi) is 10.2. The fourth-order valence-corrected chi connectivity index (χ4v) is 3.49. The van der Waals surface area contributed by atoms with Gasteiger partial charge in [-0.25, -0.2) is 0 Å². The number of hydrogen-bond acceptors (Lipinski definition) is 4. The predicted molar refractivity (Wildman–Crippen MR) is 145 cm³/mol. The van der Waals surface area contributed by atoms with Crippen molar-refractivity contribution >= 4 is 24.7 Å². The van der Waals surface area contributed by atoms with E-state index in [0.29, 0.717) is 18.5 Å². The van der Waals surface area contributed by atoms with E-state index in [1.807, 2.05) is 48.5 Å². The molecule has 0 fully saturated rings. The summed E-state index contributed by atoms with van der Waals surface area (Å²) < 4.78 is 23.3. The standard InChI is InChI=1S/C25H27NO3.C2H7IO2/c1-17-13-21(29-3)14-18(2)22(17)15-20-9-10-24(27)23(16-20)25(28)26-12-11-19-7-5-4-6-8-19;1-3(2,4)5/h4-10,13-14,16,27H,11-12,15H2,1-3H3,(H,26,28);1-2H3,(H,4,5). The van der Waals surface area contributed by atoms with E-state index >= 15 is 0 Å². The second-order valence-corrected chi connectivity index (χ2v) is 14.6. The fraction of sp³-hybridized carbons (Fsp3) is 0.296. The summed E-state index contributed by atoms with van der Waals surface area (Å²) in [6, 6.07) is 19.3. The van der Waals surface area contributed by atoms with E-state index in [-0.39, 0.29) is 11.7 Å². The molecule has 3 rings (SSSR count). The number of ether oxygens (including phenoxy) is 1. The molecule has 184 valence electrons. The van der Waals surface area contributed by atoms with Crippen molar-refractivity contribution in [3.63, 3.8) is 0 Å². The minimum Gasteiger partial charge on any atom is -0.507 e. The Morgan fingerprint density at radius 3 is 2.12 bits per heavy atom. The van der Waals surface area contributed by atoms with E-state index in [4.69, 9.17) is 8.17 Å². The molecule has 0 bridgehead atoms. The minimum absolute atomic E-state index is 0.00543. The molecule has 3 aromatic carbocycles. The third-order valence-corrected chi connectivity index (χ3v) is 5.13. The van der Waals surface area contributed by atoms with Gasteiger partial charge < -0.3 is 15.2 Å². The molecule has 0 saturated carbocycles. The summed E-state index contributed by atoms with van der Waals surface area (Å²) in [7, 11) is 1.66.